The van der Waals surface area contributed by atoms with Gasteiger partial charge in [0.05, 0.1) is 17.3 Å². The summed E-state index contributed by atoms with van der Waals surface area (Å²) in [6.07, 6.45) is 1.27. The molecule has 26 heavy (non-hydrogen) atoms. The average Bonchev–Trinajstić information content (AvgIpc) is 2.56. The molecule has 0 aromatic heterocycles. The van der Waals surface area contributed by atoms with Crippen LogP contribution in [0.2, 0.25) is 0 Å². The second kappa shape index (κ2) is 8.33. The first-order valence-electron chi connectivity index (χ1n) is 8.52. The van der Waals surface area contributed by atoms with Crippen molar-refractivity contribution in [3.8, 4) is 0 Å². The van der Waals surface area contributed by atoms with E-state index in [2.05, 4.69) is 16.9 Å². The number of alkyl halides is 3. The van der Waals surface area contributed by atoms with E-state index < -0.39 is 23.6 Å². The molecular weight excluding hydrogens is 345 g/mol. The number of halogens is 3. The van der Waals surface area contributed by atoms with E-state index in [4.69, 9.17) is 11.5 Å². The van der Waals surface area contributed by atoms with Gasteiger partial charge in [0.2, 0.25) is 5.91 Å². The number of rotatable bonds is 5. The Hall–Kier alpha value is -2.38. The summed E-state index contributed by atoms with van der Waals surface area (Å²) in [5.41, 5.74) is 10.7. The van der Waals surface area contributed by atoms with Gasteiger partial charge in [-0.3, -0.25) is 9.79 Å². The van der Waals surface area contributed by atoms with Gasteiger partial charge in [-0.05, 0) is 43.0 Å². The van der Waals surface area contributed by atoms with Crippen LogP contribution in [-0.2, 0) is 11.0 Å². The topological polar surface area (TPSA) is 93.8 Å². The molecular formula is C18H23F3N4O. The predicted molar refractivity (Wildman–Crippen MR) is 95.3 cm³/mol. The molecule has 8 heteroatoms. The molecule has 5 nitrogen and oxygen atoms in total. The molecule has 1 aromatic carbocycles. The first kappa shape index (κ1) is 19.9. The number of carbonyl (C=O) groups excluding carboxylic acids is 1. The van der Waals surface area contributed by atoms with Gasteiger partial charge in [-0.2, -0.15) is 13.2 Å². The number of nitrogens with two attached hydrogens (primary N) is 2. The molecule has 1 aromatic rings. The number of hydrogen-bond acceptors (Lipinski definition) is 3. The molecule has 1 amide bonds. The number of nitrogens with zero attached hydrogens (tertiary/aromatic N) is 2. The fraction of sp³-hybridized carbons (Fsp3) is 0.500. The zero-order chi connectivity index (χ0) is 19.3. The van der Waals surface area contributed by atoms with E-state index >= 15 is 0 Å². The van der Waals surface area contributed by atoms with Crippen LogP contribution in [0.4, 0.5) is 18.9 Å². The maximum atomic E-state index is 12.6. The van der Waals surface area contributed by atoms with E-state index in [9.17, 15) is 18.0 Å². The second-order valence-electron chi connectivity index (χ2n) is 6.59. The molecule has 1 aliphatic rings. The molecule has 1 saturated carbocycles. The maximum absolute atomic E-state index is 12.6. The van der Waals surface area contributed by atoms with Crippen molar-refractivity contribution in [1.29, 1.82) is 0 Å². The summed E-state index contributed by atoms with van der Waals surface area (Å²) in [6, 6.07) is 4.30. The first-order chi connectivity index (χ1) is 12.2. The van der Waals surface area contributed by atoms with Crippen LogP contribution in [0.15, 0.2) is 34.3 Å². The van der Waals surface area contributed by atoms with E-state index in [-0.39, 0.29) is 17.6 Å². The summed E-state index contributed by atoms with van der Waals surface area (Å²) in [7, 11) is 0. The summed E-state index contributed by atoms with van der Waals surface area (Å²) in [6.45, 7) is 2.11. The number of hydrogen-bond donors (Lipinski definition) is 2. The van der Waals surface area contributed by atoms with Gasteiger partial charge < -0.3 is 11.5 Å². The van der Waals surface area contributed by atoms with Crippen molar-refractivity contribution in [1.82, 2.24) is 0 Å². The van der Waals surface area contributed by atoms with Gasteiger partial charge >= 0.3 is 6.18 Å². The minimum absolute atomic E-state index is 0.0931. The van der Waals surface area contributed by atoms with Crippen LogP contribution >= 0.6 is 0 Å². The van der Waals surface area contributed by atoms with Crippen LogP contribution in [0, 0.1) is 11.8 Å². The highest BCUT2D eigenvalue weighted by molar-refractivity contribution is 6.14. The zero-order valence-electron chi connectivity index (χ0n) is 14.5. The van der Waals surface area contributed by atoms with Gasteiger partial charge in [0.15, 0.2) is 0 Å². The smallest absolute Gasteiger partial charge is 0.386 e. The fourth-order valence-corrected chi connectivity index (χ4v) is 2.95. The Morgan fingerprint density at radius 3 is 2.35 bits per heavy atom. The standard InChI is InChI=1S/C18H23F3N4O/c1-11-4-2-3-5-15(11)24-10-14(17(23)26)16(22)25-13-8-6-12(7-9-13)18(19,20)21/h6-11,14-15H,2-5H2,1H3,(H2,22,25)(H2,23,26). The van der Waals surface area contributed by atoms with Gasteiger partial charge in [0, 0.05) is 6.21 Å². The lowest BCUT2D eigenvalue weighted by atomic mass is 9.86. The van der Waals surface area contributed by atoms with Crippen LogP contribution in [0.5, 0.6) is 0 Å². The van der Waals surface area contributed by atoms with Crippen molar-refractivity contribution in [3.63, 3.8) is 0 Å². The highest BCUT2D eigenvalue weighted by atomic mass is 19.4. The van der Waals surface area contributed by atoms with E-state index in [1.807, 2.05) is 0 Å². The van der Waals surface area contributed by atoms with Crippen LogP contribution in [-0.4, -0.2) is 24.0 Å². The lowest BCUT2D eigenvalue weighted by Crippen LogP contribution is -2.37. The van der Waals surface area contributed by atoms with Crippen molar-refractivity contribution in [3.05, 3.63) is 29.8 Å². The largest absolute Gasteiger partial charge is 0.416 e. The molecule has 4 N–H and O–H groups in total. The highest BCUT2D eigenvalue weighted by Crippen LogP contribution is 2.30. The number of aliphatic imine (C=N–C) groups is 2. The van der Waals surface area contributed by atoms with E-state index in [0.29, 0.717) is 5.92 Å². The van der Waals surface area contributed by atoms with E-state index in [1.54, 1.807) is 0 Å². The predicted octanol–water partition coefficient (Wildman–Crippen LogP) is 3.45. The monoisotopic (exact) mass is 368 g/mol. The number of carbonyl (C=O) groups is 1. The highest BCUT2D eigenvalue weighted by Gasteiger charge is 2.30. The maximum Gasteiger partial charge on any atom is 0.416 e. The third-order valence-corrected chi connectivity index (χ3v) is 4.57. The minimum Gasteiger partial charge on any atom is -0.386 e. The Morgan fingerprint density at radius 1 is 1.19 bits per heavy atom. The first-order valence-corrected chi connectivity index (χ1v) is 8.52. The number of amides is 1. The summed E-state index contributed by atoms with van der Waals surface area (Å²) in [5.74, 6) is -1.37. The molecule has 0 saturated heterocycles. The molecule has 0 bridgehead atoms. The van der Waals surface area contributed by atoms with Crippen molar-refractivity contribution in [2.45, 2.75) is 44.8 Å². The third kappa shape index (κ3) is 5.31. The van der Waals surface area contributed by atoms with Crippen molar-refractivity contribution >= 4 is 23.6 Å². The zero-order valence-corrected chi connectivity index (χ0v) is 14.5. The Morgan fingerprint density at radius 2 is 1.81 bits per heavy atom. The average molecular weight is 368 g/mol. The lowest BCUT2D eigenvalue weighted by molar-refractivity contribution is -0.137. The van der Waals surface area contributed by atoms with Crippen LogP contribution in [0.25, 0.3) is 0 Å². The SMILES string of the molecule is CC1CCCCC1N=CC(C(N)=O)C(N)=Nc1ccc(C(F)(F)F)cc1. The van der Waals surface area contributed by atoms with Gasteiger partial charge in [-0.1, -0.05) is 19.8 Å². The molecule has 0 spiro atoms. The van der Waals surface area contributed by atoms with Gasteiger partial charge in [-0.15, -0.1) is 0 Å². The Bertz CT molecular complexity index is 683. The molecule has 0 aliphatic heterocycles. The molecule has 3 atom stereocenters. The van der Waals surface area contributed by atoms with Gasteiger partial charge in [0.25, 0.3) is 0 Å². The van der Waals surface area contributed by atoms with Crippen LogP contribution < -0.4 is 11.5 Å². The Labute approximate surface area is 150 Å². The minimum atomic E-state index is -4.42. The summed E-state index contributed by atoms with van der Waals surface area (Å²) in [5, 5.41) is 0. The number of primary amides is 1. The van der Waals surface area contributed by atoms with E-state index in [0.717, 1.165) is 31.4 Å². The summed E-state index contributed by atoms with van der Waals surface area (Å²) in [4.78, 5) is 20.2. The molecule has 3 unspecified atom stereocenters. The van der Waals surface area contributed by atoms with E-state index in [1.165, 1.54) is 24.8 Å². The number of benzene rings is 1. The Balaban J connectivity index is 2.15. The van der Waals surface area contributed by atoms with Crippen LogP contribution in [0.3, 0.4) is 0 Å². The van der Waals surface area contributed by atoms with Crippen LogP contribution in [0.1, 0.15) is 38.2 Å². The normalized spacial score (nSPS) is 23.2. The lowest BCUT2D eigenvalue weighted by Gasteiger charge is -2.25. The number of amidine groups is 1. The Kier molecular flexibility index (Phi) is 6.39. The molecule has 0 radical (unpaired) electrons. The summed E-state index contributed by atoms with van der Waals surface area (Å²) >= 11 is 0. The fourth-order valence-electron chi connectivity index (χ4n) is 2.95. The quantitative estimate of drug-likeness (QED) is 0.615. The van der Waals surface area contributed by atoms with Crippen molar-refractivity contribution in [2.24, 2.45) is 33.3 Å². The van der Waals surface area contributed by atoms with Gasteiger partial charge in [-0.25, -0.2) is 4.99 Å². The van der Waals surface area contributed by atoms with Gasteiger partial charge in [0.1, 0.15) is 11.8 Å². The molecule has 1 aliphatic carbocycles. The second-order valence-corrected chi connectivity index (χ2v) is 6.59. The van der Waals surface area contributed by atoms with Crippen molar-refractivity contribution < 1.29 is 18.0 Å². The third-order valence-electron chi connectivity index (χ3n) is 4.57. The summed E-state index contributed by atoms with van der Waals surface area (Å²) < 4.78 is 37.8. The molecule has 1 fully saturated rings. The molecule has 2 rings (SSSR count). The molecule has 142 valence electrons. The van der Waals surface area contributed by atoms with Crippen molar-refractivity contribution in [2.75, 3.05) is 0 Å². The molecule has 0 heterocycles.